The van der Waals surface area contributed by atoms with Crippen molar-refractivity contribution in [2.75, 3.05) is 53.6 Å². The molecule has 2 aliphatic heterocycles. The Balaban J connectivity index is 1.38. The smallest absolute Gasteiger partial charge is 0.493 e. The van der Waals surface area contributed by atoms with Crippen LogP contribution in [-0.2, 0) is 20.4 Å². The SMILES string of the molecule is CCOC(=O)Oc1c(OC)cc(C(=O)N2CCC(CCNC(=O)C3(c4ccccc4)CCNCC3)(c3ccc(Cl)c(Cl)c3)C2)cc1OC. The van der Waals surface area contributed by atoms with Crippen LogP contribution in [0.25, 0.3) is 0 Å². The zero-order chi connectivity index (χ0) is 34.3. The molecule has 0 aliphatic carbocycles. The molecule has 256 valence electrons. The maximum atomic E-state index is 14.0. The summed E-state index contributed by atoms with van der Waals surface area (Å²) in [6.07, 6.45) is 1.71. The van der Waals surface area contributed by atoms with Gasteiger partial charge in [-0.25, -0.2) is 4.79 Å². The van der Waals surface area contributed by atoms with Crippen molar-refractivity contribution in [2.45, 2.75) is 43.4 Å². The highest BCUT2D eigenvalue weighted by Gasteiger charge is 2.44. The van der Waals surface area contributed by atoms with Crippen LogP contribution in [0.4, 0.5) is 4.79 Å². The molecule has 2 saturated heterocycles. The topological polar surface area (TPSA) is 115 Å². The summed E-state index contributed by atoms with van der Waals surface area (Å²) in [5.74, 6) is 0.0643. The first-order chi connectivity index (χ1) is 23.2. The van der Waals surface area contributed by atoms with Gasteiger partial charge in [-0.2, -0.15) is 0 Å². The Bertz CT molecular complexity index is 1610. The number of piperidine rings is 1. The summed E-state index contributed by atoms with van der Waals surface area (Å²) >= 11 is 12.8. The number of ether oxygens (including phenoxy) is 4. The number of carbonyl (C=O) groups is 3. The van der Waals surface area contributed by atoms with Crippen molar-refractivity contribution >= 4 is 41.2 Å². The Morgan fingerprint density at radius 2 is 1.58 bits per heavy atom. The molecule has 3 aromatic carbocycles. The van der Waals surface area contributed by atoms with Crippen LogP contribution in [0, 0.1) is 0 Å². The zero-order valence-electron chi connectivity index (χ0n) is 27.4. The number of carbonyl (C=O) groups excluding carboxylic acids is 3. The van der Waals surface area contributed by atoms with Gasteiger partial charge in [0.2, 0.25) is 11.7 Å². The Labute approximate surface area is 291 Å². The second-order valence-electron chi connectivity index (χ2n) is 12.1. The minimum Gasteiger partial charge on any atom is -0.493 e. The molecule has 0 bridgehead atoms. The summed E-state index contributed by atoms with van der Waals surface area (Å²) in [5.41, 5.74) is 1.14. The maximum Gasteiger partial charge on any atom is 0.514 e. The average molecular weight is 699 g/mol. The van der Waals surface area contributed by atoms with Gasteiger partial charge in [0.05, 0.1) is 36.3 Å². The fourth-order valence-electron chi connectivity index (χ4n) is 6.82. The van der Waals surface area contributed by atoms with E-state index in [4.69, 9.17) is 42.1 Å². The quantitative estimate of drug-likeness (QED) is 0.181. The summed E-state index contributed by atoms with van der Waals surface area (Å²) in [4.78, 5) is 41.8. The van der Waals surface area contributed by atoms with E-state index in [0.717, 1.165) is 24.2 Å². The van der Waals surface area contributed by atoms with Gasteiger partial charge in [-0.05, 0) is 81.1 Å². The number of methoxy groups -OCH3 is 2. The number of nitrogens with zero attached hydrogens (tertiary/aromatic N) is 1. The second-order valence-corrected chi connectivity index (χ2v) is 12.9. The molecule has 2 heterocycles. The van der Waals surface area contributed by atoms with Gasteiger partial charge >= 0.3 is 6.16 Å². The van der Waals surface area contributed by atoms with Crippen molar-refractivity contribution in [2.24, 2.45) is 0 Å². The standard InChI is InChI=1S/C36H41Cl2N3O7/c1-4-47-34(44)48-31-29(45-2)20-24(21-30(31)46-3)32(42)41-19-15-35(23-41,26-10-11-27(37)28(38)22-26)12-18-40-33(43)36(13-16-39-17-14-36)25-8-6-5-7-9-25/h5-11,20-22,39H,4,12-19,23H2,1-3H3,(H,40,43). The van der Waals surface area contributed by atoms with Crippen LogP contribution in [0.3, 0.4) is 0 Å². The van der Waals surface area contributed by atoms with Gasteiger partial charge in [0.1, 0.15) is 0 Å². The fraction of sp³-hybridized carbons (Fsp3) is 0.417. The molecule has 1 unspecified atom stereocenters. The van der Waals surface area contributed by atoms with Gasteiger partial charge in [-0.1, -0.05) is 59.6 Å². The summed E-state index contributed by atoms with van der Waals surface area (Å²) in [6.45, 7) is 4.55. The second kappa shape index (κ2) is 15.5. The lowest BCUT2D eigenvalue weighted by Crippen LogP contribution is -2.51. The molecule has 5 rings (SSSR count). The molecule has 2 aliphatic rings. The van der Waals surface area contributed by atoms with Gasteiger partial charge in [-0.3, -0.25) is 9.59 Å². The summed E-state index contributed by atoms with van der Waals surface area (Å²) in [6, 6.07) is 18.6. The van der Waals surface area contributed by atoms with Crippen molar-refractivity contribution in [3.8, 4) is 17.2 Å². The maximum absolute atomic E-state index is 14.0. The summed E-state index contributed by atoms with van der Waals surface area (Å²) in [7, 11) is 2.82. The third-order valence-corrected chi connectivity index (χ3v) is 10.2. The molecule has 2 amide bonds. The molecule has 12 heteroatoms. The van der Waals surface area contributed by atoms with Crippen LogP contribution < -0.4 is 24.8 Å². The van der Waals surface area contributed by atoms with E-state index in [0.29, 0.717) is 60.9 Å². The largest absolute Gasteiger partial charge is 0.514 e. The van der Waals surface area contributed by atoms with Gasteiger partial charge in [0, 0.05) is 30.6 Å². The number of nitrogens with one attached hydrogen (secondary N) is 2. The fourth-order valence-corrected chi connectivity index (χ4v) is 7.11. The molecule has 0 radical (unpaired) electrons. The van der Waals surface area contributed by atoms with E-state index in [2.05, 4.69) is 10.6 Å². The average Bonchev–Trinajstić information content (AvgIpc) is 3.55. The molecule has 0 spiro atoms. The van der Waals surface area contributed by atoms with Gasteiger partial charge in [-0.15, -0.1) is 0 Å². The number of rotatable bonds is 11. The van der Waals surface area contributed by atoms with Crippen molar-refractivity contribution in [3.63, 3.8) is 0 Å². The molecular weight excluding hydrogens is 657 g/mol. The van der Waals surface area contributed by atoms with Crippen LogP contribution in [0.1, 0.15) is 54.1 Å². The van der Waals surface area contributed by atoms with E-state index >= 15 is 0 Å². The highest BCUT2D eigenvalue weighted by Crippen LogP contribution is 2.43. The van der Waals surface area contributed by atoms with Crippen LogP contribution in [0.2, 0.25) is 10.0 Å². The molecule has 0 aromatic heterocycles. The lowest BCUT2D eigenvalue weighted by molar-refractivity contribution is -0.127. The third kappa shape index (κ3) is 7.36. The predicted octanol–water partition coefficient (Wildman–Crippen LogP) is 6.16. The first-order valence-electron chi connectivity index (χ1n) is 16.1. The highest BCUT2D eigenvalue weighted by atomic mass is 35.5. The zero-order valence-corrected chi connectivity index (χ0v) is 28.9. The first-order valence-corrected chi connectivity index (χ1v) is 16.8. The van der Waals surface area contributed by atoms with Crippen molar-refractivity contribution in [1.82, 2.24) is 15.5 Å². The summed E-state index contributed by atoms with van der Waals surface area (Å²) < 4.78 is 21.1. The van der Waals surface area contributed by atoms with Gasteiger partial charge in [0.15, 0.2) is 11.5 Å². The monoisotopic (exact) mass is 697 g/mol. The van der Waals surface area contributed by atoms with Crippen LogP contribution >= 0.6 is 23.2 Å². The number of benzene rings is 3. The number of likely N-dealkylation sites (tertiary alicyclic amines) is 1. The van der Waals surface area contributed by atoms with E-state index in [1.165, 1.54) is 26.4 Å². The van der Waals surface area contributed by atoms with Crippen LogP contribution in [0.5, 0.6) is 17.2 Å². The molecule has 48 heavy (non-hydrogen) atoms. The molecule has 2 N–H and O–H groups in total. The normalized spacial score (nSPS) is 18.6. The van der Waals surface area contributed by atoms with Gasteiger partial charge < -0.3 is 34.5 Å². The number of amides is 2. The van der Waals surface area contributed by atoms with Crippen molar-refractivity contribution in [3.05, 3.63) is 87.4 Å². The molecule has 0 saturated carbocycles. The number of hydrogen-bond acceptors (Lipinski definition) is 8. The molecule has 10 nitrogen and oxygen atoms in total. The molecule has 1 atom stereocenters. The molecule has 3 aromatic rings. The van der Waals surface area contributed by atoms with E-state index < -0.39 is 17.0 Å². The minimum absolute atomic E-state index is 0.00901. The van der Waals surface area contributed by atoms with Crippen LogP contribution in [-0.4, -0.2) is 76.4 Å². The highest BCUT2D eigenvalue weighted by molar-refractivity contribution is 6.42. The Kier molecular flexibility index (Phi) is 11.4. The minimum atomic E-state index is -0.916. The van der Waals surface area contributed by atoms with E-state index in [1.54, 1.807) is 17.9 Å². The van der Waals surface area contributed by atoms with E-state index in [-0.39, 0.29) is 35.7 Å². The Hall–Kier alpha value is -3.99. The lowest BCUT2D eigenvalue weighted by atomic mass is 9.72. The predicted molar refractivity (Wildman–Crippen MR) is 184 cm³/mol. The first kappa shape index (κ1) is 35.3. The lowest BCUT2D eigenvalue weighted by Gasteiger charge is -2.37. The number of halogens is 2. The third-order valence-electron chi connectivity index (χ3n) is 9.44. The number of hydrogen-bond donors (Lipinski definition) is 2. The van der Waals surface area contributed by atoms with Crippen molar-refractivity contribution in [1.29, 1.82) is 0 Å². The van der Waals surface area contributed by atoms with E-state index in [9.17, 15) is 14.4 Å². The van der Waals surface area contributed by atoms with Crippen LogP contribution in [0.15, 0.2) is 60.7 Å². The molecular formula is C36H41Cl2N3O7. The van der Waals surface area contributed by atoms with E-state index in [1.807, 2.05) is 42.5 Å². The molecule has 2 fully saturated rings. The Morgan fingerprint density at radius 3 is 2.21 bits per heavy atom. The summed E-state index contributed by atoms with van der Waals surface area (Å²) in [5, 5.41) is 7.50. The Morgan fingerprint density at radius 1 is 0.896 bits per heavy atom. The van der Waals surface area contributed by atoms with Crippen molar-refractivity contribution < 1.29 is 33.3 Å². The van der Waals surface area contributed by atoms with Gasteiger partial charge in [0.25, 0.3) is 5.91 Å².